The van der Waals surface area contributed by atoms with Gasteiger partial charge in [-0.15, -0.1) is 0 Å². The third-order valence-electron chi connectivity index (χ3n) is 5.10. The molecule has 1 N–H and O–H groups in total. The fourth-order valence-corrected chi connectivity index (χ4v) is 4.04. The summed E-state index contributed by atoms with van der Waals surface area (Å²) < 4.78 is 21.0. The second kappa shape index (κ2) is 7.80. The van der Waals surface area contributed by atoms with Crippen LogP contribution in [0.3, 0.4) is 0 Å². The summed E-state index contributed by atoms with van der Waals surface area (Å²) >= 11 is 5.90. The van der Waals surface area contributed by atoms with Crippen molar-refractivity contribution in [3.05, 3.63) is 58.6 Å². The number of nitrogens with one attached hydrogen (secondary N) is 1. The minimum absolute atomic E-state index is 0.141. The van der Waals surface area contributed by atoms with Gasteiger partial charge in [0.05, 0.1) is 11.6 Å². The standard InChI is InChI=1S/C21H21ClFN3O2/c1-2-28-21(27)12-26-18-6-4-14(23)9-16(18)17-10-15(5-7-19(17)26)25-20-8-3-13(22)11-24-20/h3-4,6,8-9,11,15H,2,5,7,10,12H2,1H3,(H,24,25)/t15-/m0/s1. The molecule has 0 aliphatic heterocycles. The second-order valence-electron chi connectivity index (χ2n) is 6.92. The van der Waals surface area contributed by atoms with E-state index in [1.807, 2.05) is 10.6 Å². The van der Waals surface area contributed by atoms with E-state index >= 15 is 0 Å². The molecule has 1 aromatic carbocycles. The highest BCUT2D eigenvalue weighted by atomic mass is 35.5. The van der Waals surface area contributed by atoms with Crippen molar-refractivity contribution in [3.8, 4) is 0 Å². The van der Waals surface area contributed by atoms with Crippen LogP contribution in [0.4, 0.5) is 10.2 Å². The lowest BCUT2D eigenvalue weighted by Gasteiger charge is -2.25. The van der Waals surface area contributed by atoms with Gasteiger partial charge in [0.25, 0.3) is 0 Å². The van der Waals surface area contributed by atoms with Crippen LogP contribution in [0, 0.1) is 5.82 Å². The van der Waals surface area contributed by atoms with Crippen LogP contribution in [0.25, 0.3) is 10.9 Å². The second-order valence-corrected chi connectivity index (χ2v) is 7.36. The summed E-state index contributed by atoms with van der Waals surface area (Å²) in [6.07, 6.45) is 4.02. The maximum atomic E-state index is 13.9. The molecule has 0 saturated carbocycles. The summed E-state index contributed by atoms with van der Waals surface area (Å²) in [7, 11) is 0. The molecule has 4 rings (SSSR count). The van der Waals surface area contributed by atoms with Crippen molar-refractivity contribution in [2.45, 2.75) is 38.8 Å². The number of aromatic nitrogens is 2. The van der Waals surface area contributed by atoms with Gasteiger partial charge in [0.15, 0.2) is 0 Å². The Morgan fingerprint density at radius 1 is 1.39 bits per heavy atom. The first-order valence-corrected chi connectivity index (χ1v) is 9.76. The molecule has 3 aromatic rings. The number of halogens is 2. The average Bonchev–Trinajstić information content (AvgIpc) is 2.96. The molecule has 0 fully saturated rings. The van der Waals surface area contributed by atoms with Crippen LogP contribution >= 0.6 is 11.6 Å². The van der Waals surface area contributed by atoms with E-state index in [1.165, 1.54) is 6.07 Å². The quantitative estimate of drug-likeness (QED) is 0.645. The van der Waals surface area contributed by atoms with Gasteiger partial charge in [0.2, 0.25) is 0 Å². The van der Waals surface area contributed by atoms with Crippen LogP contribution in [-0.2, 0) is 28.9 Å². The van der Waals surface area contributed by atoms with Gasteiger partial charge in [-0.05, 0) is 62.1 Å². The zero-order valence-electron chi connectivity index (χ0n) is 15.5. The number of hydrogen-bond donors (Lipinski definition) is 1. The number of rotatable bonds is 5. The van der Waals surface area contributed by atoms with E-state index in [4.69, 9.17) is 16.3 Å². The van der Waals surface area contributed by atoms with Crippen molar-refractivity contribution in [1.82, 2.24) is 9.55 Å². The molecule has 0 bridgehead atoms. The van der Waals surface area contributed by atoms with Gasteiger partial charge < -0.3 is 14.6 Å². The van der Waals surface area contributed by atoms with Crippen LogP contribution in [0.5, 0.6) is 0 Å². The Bertz CT molecular complexity index is 1020. The van der Waals surface area contributed by atoms with Gasteiger partial charge in [-0.2, -0.15) is 0 Å². The maximum Gasteiger partial charge on any atom is 0.325 e. The Labute approximate surface area is 167 Å². The third kappa shape index (κ3) is 3.69. The van der Waals surface area contributed by atoms with E-state index in [-0.39, 0.29) is 24.4 Å². The fraction of sp³-hybridized carbons (Fsp3) is 0.333. The van der Waals surface area contributed by atoms with Gasteiger partial charge in [-0.3, -0.25) is 4.79 Å². The lowest BCUT2D eigenvalue weighted by atomic mass is 9.91. The number of benzene rings is 1. The lowest BCUT2D eigenvalue weighted by molar-refractivity contribution is -0.143. The molecule has 28 heavy (non-hydrogen) atoms. The first-order valence-electron chi connectivity index (χ1n) is 9.38. The first kappa shape index (κ1) is 18.7. The topological polar surface area (TPSA) is 56.1 Å². The van der Waals surface area contributed by atoms with E-state index in [9.17, 15) is 9.18 Å². The number of fused-ring (bicyclic) bond motifs is 3. The Kier molecular flexibility index (Phi) is 5.22. The number of carbonyl (C=O) groups is 1. The molecule has 0 amide bonds. The van der Waals surface area contributed by atoms with Crippen LogP contribution in [-0.4, -0.2) is 28.2 Å². The predicted octanol–water partition coefficient (Wildman–Crippen LogP) is 4.36. The van der Waals surface area contributed by atoms with Crippen molar-refractivity contribution in [1.29, 1.82) is 0 Å². The van der Waals surface area contributed by atoms with Gasteiger partial charge in [-0.25, -0.2) is 9.37 Å². The molecule has 0 saturated heterocycles. The van der Waals surface area contributed by atoms with E-state index in [0.717, 1.165) is 47.2 Å². The van der Waals surface area contributed by atoms with Gasteiger partial charge in [0, 0.05) is 28.8 Å². The molecule has 7 heteroatoms. The zero-order valence-corrected chi connectivity index (χ0v) is 16.3. The van der Waals surface area contributed by atoms with E-state index in [0.29, 0.717) is 11.6 Å². The molecule has 1 aliphatic carbocycles. The molecule has 5 nitrogen and oxygen atoms in total. The number of ether oxygens (including phenoxy) is 1. The van der Waals surface area contributed by atoms with Gasteiger partial charge in [0.1, 0.15) is 18.2 Å². The number of esters is 1. The highest BCUT2D eigenvalue weighted by Crippen LogP contribution is 2.33. The summed E-state index contributed by atoms with van der Waals surface area (Å²) in [5.41, 5.74) is 3.03. The number of nitrogens with zero attached hydrogens (tertiary/aromatic N) is 2. The number of anilines is 1. The molecule has 2 heterocycles. The molecular weight excluding hydrogens is 381 g/mol. The van der Waals surface area contributed by atoms with E-state index in [2.05, 4.69) is 10.3 Å². The third-order valence-corrected chi connectivity index (χ3v) is 5.32. The summed E-state index contributed by atoms with van der Waals surface area (Å²) in [5, 5.41) is 4.88. The van der Waals surface area contributed by atoms with Gasteiger partial charge in [-0.1, -0.05) is 11.6 Å². The van der Waals surface area contributed by atoms with Crippen molar-refractivity contribution >= 4 is 34.3 Å². The first-order chi connectivity index (χ1) is 13.5. The van der Waals surface area contributed by atoms with Crippen LogP contribution in [0.1, 0.15) is 24.6 Å². The molecule has 0 unspecified atom stereocenters. The summed E-state index contributed by atoms with van der Waals surface area (Å²) in [6, 6.07) is 8.55. The van der Waals surface area contributed by atoms with Crippen LogP contribution in [0.2, 0.25) is 5.02 Å². The van der Waals surface area contributed by atoms with E-state index < -0.39 is 0 Å². The van der Waals surface area contributed by atoms with Gasteiger partial charge >= 0.3 is 5.97 Å². The van der Waals surface area contributed by atoms with Crippen LogP contribution in [0.15, 0.2) is 36.5 Å². The minimum atomic E-state index is -0.280. The molecule has 2 aromatic heterocycles. The Balaban J connectivity index is 1.66. The molecule has 146 valence electrons. The molecular formula is C21H21ClFN3O2. The summed E-state index contributed by atoms with van der Waals surface area (Å²) in [6.45, 7) is 2.27. The Morgan fingerprint density at radius 3 is 3.00 bits per heavy atom. The van der Waals surface area contributed by atoms with Crippen molar-refractivity contribution in [2.75, 3.05) is 11.9 Å². The Hall–Kier alpha value is -2.60. The predicted molar refractivity (Wildman–Crippen MR) is 107 cm³/mol. The van der Waals surface area contributed by atoms with Crippen LogP contribution < -0.4 is 5.32 Å². The largest absolute Gasteiger partial charge is 0.465 e. The molecule has 0 radical (unpaired) electrons. The minimum Gasteiger partial charge on any atom is -0.465 e. The normalized spacial score (nSPS) is 16.0. The number of pyridine rings is 1. The van der Waals surface area contributed by atoms with E-state index in [1.54, 1.807) is 31.3 Å². The fourth-order valence-electron chi connectivity index (χ4n) is 3.93. The molecule has 1 aliphatic rings. The Morgan fingerprint density at radius 2 is 2.25 bits per heavy atom. The average molecular weight is 402 g/mol. The number of hydrogen-bond acceptors (Lipinski definition) is 4. The van der Waals surface area contributed by atoms with Crippen molar-refractivity contribution in [3.63, 3.8) is 0 Å². The lowest BCUT2D eigenvalue weighted by Crippen LogP contribution is -2.28. The van der Waals surface area contributed by atoms with Crippen molar-refractivity contribution < 1.29 is 13.9 Å². The van der Waals surface area contributed by atoms with Crippen molar-refractivity contribution in [2.24, 2.45) is 0 Å². The maximum absolute atomic E-state index is 13.9. The zero-order chi connectivity index (χ0) is 19.7. The number of carbonyl (C=O) groups excluding carboxylic acids is 1. The monoisotopic (exact) mass is 401 g/mol. The SMILES string of the molecule is CCOC(=O)Cn1c2c(c3cc(F)ccc31)C[C@@H](Nc1ccc(Cl)cn1)CC2. The summed E-state index contributed by atoms with van der Waals surface area (Å²) in [4.78, 5) is 16.4. The molecule has 0 spiro atoms. The highest BCUT2D eigenvalue weighted by molar-refractivity contribution is 6.30. The smallest absolute Gasteiger partial charge is 0.325 e. The molecule has 1 atom stereocenters. The highest BCUT2D eigenvalue weighted by Gasteiger charge is 2.26. The summed E-state index contributed by atoms with van der Waals surface area (Å²) in [5.74, 6) is 0.203.